The highest BCUT2D eigenvalue weighted by molar-refractivity contribution is 5.98. The fraction of sp³-hybridized carbons (Fsp3) is 0.524. The van der Waals surface area contributed by atoms with Crippen LogP contribution in [0.4, 0.5) is 5.95 Å². The minimum Gasteiger partial charge on any atom is -0.391 e. The Hall–Kier alpha value is -2.34. The van der Waals surface area contributed by atoms with Gasteiger partial charge in [0.15, 0.2) is 0 Å². The van der Waals surface area contributed by atoms with Gasteiger partial charge in [-0.05, 0) is 49.3 Å². The topological polar surface area (TPSA) is 61.6 Å². The van der Waals surface area contributed by atoms with E-state index >= 15 is 0 Å². The van der Waals surface area contributed by atoms with Crippen molar-refractivity contribution in [1.82, 2.24) is 14.5 Å². The predicted molar refractivity (Wildman–Crippen MR) is 105 cm³/mol. The minimum atomic E-state index is -0.282. The van der Waals surface area contributed by atoms with Crippen LogP contribution in [0, 0.1) is 11.8 Å². The monoisotopic (exact) mass is 366 g/mol. The van der Waals surface area contributed by atoms with Crippen LogP contribution in [0.25, 0.3) is 11.0 Å². The van der Waals surface area contributed by atoms with E-state index in [1.807, 2.05) is 30.1 Å². The Kier molecular flexibility index (Phi) is 3.97. The van der Waals surface area contributed by atoms with Crippen molar-refractivity contribution in [3.05, 3.63) is 35.9 Å². The molecule has 1 N–H and O–H groups in total. The molecule has 1 aromatic heterocycles. The molecule has 27 heavy (non-hydrogen) atoms. The molecule has 0 bridgehead atoms. The normalized spacial score (nSPS) is 27.6. The standard InChI is InChI=1S/C21H26N4O2/c1-23-19-7-6-14(10-18(19)22-21(23)24-9-8-17(26)13-24)20(27)25-11-15-4-2-3-5-16(15)12-25/h2-3,6-7,10,15-17,26H,4-5,8-9,11-13H2,1H3/t15-,16+,17-/m0/s1. The molecule has 0 unspecified atom stereocenters. The Labute approximate surface area is 159 Å². The molecule has 1 aromatic carbocycles. The number of anilines is 1. The second-order valence-corrected chi connectivity index (χ2v) is 8.24. The largest absolute Gasteiger partial charge is 0.391 e. The van der Waals surface area contributed by atoms with Gasteiger partial charge in [-0.3, -0.25) is 4.79 Å². The zero-order valence-electron chi connectivity index (χ0n) is 15.7. The second-order valence-electron chi connectivity index (χ2n) is 8.24. The number of nitrogens with zero attached hydrogens (tertiary/aromatic N) is 4. The maximum absolute atomic E-state index is 13.1. The summed E-state index contributed by atoms with van der Waals surface area (Å²) in [6, 6.07) is 5.85. The smallest absolute Gasteiger partial charge is 0.253 e. The molecule has 1 amide bonds. The molecule has 0 spiro atoms. The molecule has 0 radical (unpaired) electrons. The number of rotatable bonds is 2. The van der Waals surface area contributed by atoms with Crippen LogP contribution in [-0.2, 0) is 7.05 Å². The Balaban J connectivity index is 1.40. The van der Waals surface area contributed by atoms with E-state index < -0.39 is 0 Å². The fourth-order valence-corrected chi connectivity index (χ4v) is 4.89. The molecule has 6 heteroatoms. The van der Waals surface area contributed by atoms with Crippen LogP contribution in [-0.4, -0.2) is 57.7 Å². The molecule has 1 aliphatic carbocycles. The highest BCUT2D eigenvalue weighted by atomic mass is 16.3. The molecule has 3 aliphatic rings. The van der Waals surface area contributed by atoms with E-state index in [9.17, 15) is 9.90 Å². The Morgan fingerprint density at radius 2 is 1.89 bits per heavy atom. The number of aryl methyl sites for hydroxylation is 1. The van der Waals surface area contributed by atoms with Crippen LogP contribution in [0.3, 0.4) is 0 Å². The number of hydrogen-bond acceptors (Lipinski definition) is 4. The number of aliphatic hydroxyl groups is 1. The molecule has 142 valence electrons. The number of hydrogen-bond donors (Lipinski definition) is 1. The highest BCUT2D eigenvalue weighted by Gasteiger charge is 2.35. The number of aromatic nitrogens is 2. The zero-order chi connectivity index (χ0) is 18.5. The Morgan fingerprint density at radius 1 is 1.15 bits per heavy atom. The van der Waals surface area contributed by atoms with Gasteiger partial charge < -0.3 is 19.5 Å². The lowest BCUT2D eigenvalue weighted by molar-refractivity contribution is 0.0784. The molecule has 2 fully saturated rings. The number of benzene rings is 1. The summed E-state index contributed by atoms with van der Waals surface area (Å²) in [4.78, 5) is 22.0. The fourth-order valence-electron chi connectivity index (χ4n) is 4.89. The number of amides is 1. The summed E-state index contributed by atoms with van der Waals surface area (Å²) in [6.45, 7) is 3.16. The molecule has 3 atom stereocenters. The van der Waals surface area contributed by atoms with Gasteiger partial charge in [0.1, 0.15) is 0 Å². The van der Waals surface area contributed by atoms with Crippen molar-refractivity contribution in [2.75, 3.05) is 31.1 Å². The molecule has 2 saturated heterocycles. The molecule has 3 heterocycles. The summed E-state index contributed by atoms with van der Waals surface area (Å²) >= 11 is 0. The molecular formula is C21H26N4O2. The lowest BCUT2D eigenvalue weighted by Gasteiger charge is -2.17. The number of allylic oxidation sites excluding steroid dienone is 2. The van der Waals surface area contributed by atoms with Gasteiger partial charge in [-0.15, -0.1) is 0 Å². The number of carbonyl (C=O) groups is 1. The Morgan fingerprint density at radius 3 is 2.56 bits per heavy atom. The second kappa shape index (κ2) is 6.37. The van der Waals surface area contributed by atoms with Crippen molar-refractivity contribution >= 4 is 22.9 Å². The summed E-state index contributed by atoms with van der Waals surface area (Å²) < 4.78 is 2.05. The van der Waals surface area contributed by atoms with Crippen LogP contribution in [0.15, 0.2) is 30.4 Å². The molecular weight excluding hydrogens is 340 g/mol. The summed E-state index contributed by atoms with van der Waals surface area (Å²) in [5, 5.41) is 9.82. The van der Waals surface area contributed by atoms with Crippen molar-refractivity contribution in [2.45, 2.75) is 25.4 Å². The first-order chi connectivity index (χ1) is 13.1. The van der Waals surface area contributed by atoms with Gasteiger partial charge in [0.25, 0.3) is 5.91 Å². The van der Waals surface area contributed by atoms with E-state index in [1.54, 1.807) is 0 Å². The highest BCUT2D eigenvalue weighted by Crippen LogP contribution is 2.34. The number of likely N-dealkylation sites (tertiary alicyclic amines) is 1. The van der Waals surface area contributed by atoms with Crippen molar-refractivity contribution in [2.24, 2.45) is 18.9 Å². The van der Waals surface area contributed by atoms with Crippen LogP contribution in [0.1, 0.15) is 29.6 Å². The van der Waals surface area contributed by atoms with Crippen LogP contribution in [0.2, 0.25) is 0 Å². The quantitative estimate of drug-likeness (QED) is 0.828. The van der Waals surface area contributed by atoms with Crippen molar-refractivity contribution in [3.8, 4) is 0 Å². The number of β-amino-alcohol motifs (C(OH)–C–C–N with tert-alkyl or cyclic N) is 1. The van der Waals surface area contributed by atoms with Crippen molar-refractivity contribution in [1.29, 1.82) is 0 Å². The molecule has 2 aliphatic heterocycles. The van der Waals surface area contributed by atoms with E-state index in [-0.39, 0.29) is 12.0 Å². The van der Waals surface area contributed by atoms with E-state index in [0.29, 0.717) is 18.4 Å². The van der Waals surface area contributed by atoms with E-state index in [4.69, 9.17) is 4.98 Å². The van der Waals surface area contributed by atoms with Gasteiger partial charge in [-0.25, -0.2) is 4.98 Å². The third kappa shape index (κ3) is 2.83. The van der Waals surface area contributed by atoms with Crippen LogP contribution < -0.4 is 4.90 Å². The van der Waals surface area contributed by atoms with Gasteiger partial charge >= 0.3 is 0 Å². The lowest BCUT2D eigenvalue weighted by Crippen LogP contribution is -2.28. The van der Waals surface area contributed by atoms with E-state index in [1.165, 1.54) is 0 Å². The number of carbonyl (C=O) groups excluding carboxylic acids is 1. The van der Waals surface area contributed by atoms with Gasteiger partial charge in [0.05, 0.1) is 17.1 Å². The molecule has 0 saturated carbocycles. The van der Waals surface area contributed by atoms with Crippen LogP contribution in [0.5, 0.6) is 0 Å². The summed E-state index contributed by atoms with van der Waals surface area (Å²) in [6.07, 6.45) is 7.20. The summed E-state index contributed by atoms with van der Waals surface area (Å²) in [5.41, 5.74) is 2.58. The van der Waals surface area contributed by atoms with E-state index in [0.717, 1.165) is 61.4 Å². The SMILES string of the molecule is Cn1c(N2CC[C@H](O)C2)nc2cc(C(=O)N3C[C@H]4CC=CC[C@H]4C3)ccc21. The summed E-state index contributed by atoms with van der Waals surface area (Å²) in [7, 11) is 2.00. The lowest BCUT2D eigenvalue weighted by atomic mass is 9.86. The first-order valence-electron chi connectivity index (χ1n) is 9.94. The first-order valence-corrected chi connectivity index (χ1v) is 9.94. The zero-order valence-corrected chi connectivity index (χ0v) is 15.7. The van der Waals surface area contributed by atoms with E-state index in [2.05, 4.69) is 21.6 Å². The average Bonchev–Trinajstić information content (AvgIpc) is 3.37. The average molecular weight is 366 g/mol. The Bertz CT molecular complexity index is 902. The molecule has 2 aromatic rings. The van der Waals surface area contributed by atoms with Gasteiger partial charge in [0, 0.05) is 38.8 Å². The third-order valence-corrected chi connectivity index (χ3v) is 6.46. The van der Waals surface area contributed by atoms with Gasteiger partial charge in [-0.1, -0.05) is 12.2 Å². The predicted octanol–water partition coefficient (Wildman–Crippen LogP) is 2.18. The summed E-state index contributed by atoms with van der Waals surface area (Å²) in [5.74, 6) is 2.22. The third-order valence-electron chi connectivity index (χ3n) is 6.46. The maximum atomic E-state index is 13.1. The van der Waals surface area contributed by atoms with Crippen molar-refractivity contribution < 1.29 is 9.90 Å². The first kappa shape index (κ1) is 16.8. The number of aliphatic hydroxyl groups excluding tert-OH is 1. The number of imidazole rings is 1. The van der Waals surface area contributed by atoms with Crippen molar-refractivity contribution in [3.63, 3.8) is 0 Å². The van der Waals surface area contributed by atoms with Crippen LogP contribution >= 0.6 is 0 Å². The molecule has 6 nitrogen and oxygen atoms in total. The molecule has 5 rings (SSSR count). The van der Waals surface area contributed by atoms with Gasteiger partial charge in [-0.2, -0.15) is 0 Å². The minimum absolute atomic E-state index is 0.120. The maximum Gasteiger partial charge on any atom is 0.253 e. The van der Waals surface area contributed by atoms with Gasteiger partial charge in [0.2, 0.25) is 5.95 Å². The number of fused-ring (bicyclic) bond motifs is 2.